The summed E-state index contributed by atoms with van der Waals surface area (Å²) in [5.74, 6) is 0. The van der Waals surface area contributed by atoms with Crippen LogP contribution in [0.4, 0.5) is 18.9 Å². The predicted octanol–water partition coefficient (Wildman–Crippen LogP) is 4.38. The first-order valence-electron chi connectivity index (χ1n) is 4.51. The van der Waals surface area contributed by atoms with Crippen molar-refractivity contribution < 1.29 is 13.2 Å². The second-order valence-electron chi connectivity index (χ2n) is 3.18. The van der Waals surface area contributed by atoms with E-state index in [0.717, 1.165) is 6.07 Å². The number of hydrogen-bond acceptors (Lipinski definition) is 2. The highest BCUT2D eigenvalue weighted by Gasteiger charge is 2.33. The highest BCUT2D eigenvalue weighted by molar-refractivity contribution is 7.13. The van der Waals surface area contributed by atoms with E-state index in [1.807, 2.05) is 0 Å². The van der Waals surface area contributed by atoms with Crippen LogP contribution >= 0.6 is 11.3 Å². The average molecular weight is 254 g/mol. The van der Waals surface area contributed by atoms with Crippen LogP contribution in [0.1, 0.15) is 5.56 Å². The third kappa shape index (κ3) is 2.29. The minimum Gasteiger partial charge on any atom is -0.245 e. The number of rotatable bonds is 1. The minimum absolute atomic E-state index is 0.375. The van der Waals surface area contributed by atoms with E-state index >= 15 is 0 Å². The fourth-order valence-electron chi connectivity index (χ4n) is 1.36. The lowest BCUT2D eigenvalue weighted by atomic mass is 10.1. The zero-order chi connectivity index (χ0) is 12.5. The molecule has 0 saturated heterocycles. The van der Waals surface area contributed by atoms with Crippen molar-refractivity contribution in [2.75, 3.05) is 0 Å². The Morgan fingerprint density at radius 2 is 2.06 bits per heavy atom. The van der Waals surface area contributed by atoms with Crippen LogP contribution in [0, 0.1) is 6.57 Å². The zero-order valence-electron chi connectivity index (χ0n) is 8.32. The van der Waals surface area contributed by atoms with Gasteiger partial charge in [-0.05, 0) is 0 Å². The molecule has 0 saturated carbocycles. The molecule has 0 unspecified atom stereocenters. The first-order chi connectivity index (χ1) is 8.02. The lowest BCUT2D eigenvalue weighted by molar-refractivity contribution is -0.136. The Morgan fingerprint density at radius 3 is 2.59 bits per heavy atom. The lowest BCUT2D eigenvalue weighted by Crippen LogP contribution is -2.05. The topological polar surface area (TPSA) is 17.2 Å². The number of hydrogen-bond donors (Lipinski definition) is 0. The Hall–Kier alpha value is -1.87. The number of thiazole rings is 1. The number of aromatic nitrogens is 1. The molecular weight excluding hydrogens is 249 g/mol. The van der Waals surface area contributed by atoms with Crippen LogP contribution in [0.3, 0.4) is 0 Å². The summed E-state index contributed by atoms with van der Waals surface area (Å²) in [7, 11) is 0. The van der Waals surface area contributed by atoms with E-state index in [2.05, 4.69) is 9.83 Å². The van der Waals surface area contributed by atoms with Crippen LogP contribution in [0.15, 0.2) is 29.8 Å². The third-order valence-electron chi connectivity index (χ3n) is 2.10. The van der Waals surface area contributed by atoms with E-state index in [-0.39, 0.29) is 0 Å². The number of alkyl halides is 3. The van der Waals surface area contributed by atoms with Gasteiger partial charge >= 0.3 is 6.18 Å². The van der Waals surface area contributed by atoms with E-state index in [0.29, 0.717) is 10.6 Å². The maximum atomic E-state index is 12.7. The summed E-state index contributed by atoms with van der Waals surface area (Å²) in [6.07, 6.45) is -3.00. The first kappa shape index (κ1) is 11.6. The molecular formula is C11H5F3N2S. The first-order valence-corrected chi connectivity index (χ1v) is 5.39. The second-order valence-corrected chi connectivity index (χ2v) is 4.07. The smallest absolute Gasteiger partial charge is 0.245 e. The Labute approximate surface area is 99.2 Å². The minimum atomic E-state index is -4.52. The fourth-order valence-corrected chi connectivity index (χ4v) is 2.00. The van der Waals surface area contributed by atoms with E-state index in [4.69, 9.17) is 6.57 Å². The summed E-state index contributed by atoms with van der Waals surface area (Å²) in [4.78, 5) is 6.81. The molecule has 0 amide bonds. The number of benzene rings is 1. The van der Waals surface area contributed by atoms with E-state index in [1.165, 1.54) is 29.7 Å². The summed E-state index contributed by atoms with van der Waals surface area (Å²) < 4.78 is 38.1. The van der Waals surface area contributed by atoms with Crippen molar-refractivity contribution in [3.63, 3.8) is 0 Å². The zero-order valence-corrected chi connectivity index (χ0v) is 9.14. The summed E-state index contributed by atoms with van der Waals surface area (Å²) >= 11 is 1.25. The summed E-state index contributed by atoms with van der Waals surface area (Å²) in [5, 5.41) is 2.19. The van der Waals surface area contributed by atoms with Crippen molar-refractivity contribution in [2.24, 2.45) is 0 Å². The van der Waals surface area contributed by atoms with Crippen LogP contribution in [-0.4, -0.2) is 4.98 Å². The van der Waals surface area contributed by atoms with Crippen LogP contribution < -0.4 is 0 Å². The monoisotopic (exact) mass is 254 g/mol. The molecule has 2 rings (SSSR count). The fraction of sp³-hybridized carbons (Fsp3) is 0.0909. The molecule has 2 nitrogen and oxygen atoms in total. The van der Waals surface area contributed by atoms with Gasteiger partial charge in [0.05, 0.1) is 12.1 Å². The molecule has 1 aromatic heterocycles. The van der Waals surface area contributed by atoms with Crippen molar-refractivity contribution in [3.8, 4) is 10.6 Å². The van der Waals surface area contributed by atoms with E-state index in [1.54, 1.807) is 5.38 Å². The third-order valence-corrected chi connectivity index (χ3v) is 2.92. The van der Waals surface area contributed by atoms with E-state index in [9.17, 15) is 13.2 Å². The molecule has 86 valence electrons. The Morgan fingerprint density at radius 1 is 1.29 bits per heavy atom. The van der Waals surface area contributed by atoms with Gasteiger partial charge < -0.3 is 0 Å². The molecule has 6 heteroatoms. The molecule has 2 aromatic rings. The summed E-state index contributed by atoms with van der Waals surface area (Å²) in [6, 6.07) is 3.61. The van der Waals surface area contributed by atoms with Crippen molar-refractivity contribution in [2.45, 2.75) is 6.18 Å². The SMILES string of the molecule is [C-]#[N+]c1ccc(-c2nccs2)cc1C(F)(F)F. The molecule has 0 radical (unpaired) electrons. The molecule has 0 aliphatic carbocycles. The molecule has 0 aliphatic rings. The standard InChI is InChI=1S/C11H5F3N2S/c1-15-9-3-2-7(10-16-4-5-17-10)6-8(9)11(12,13)14/h2-6H. The molecule has 0 spiro atoms. The second kappa shape index (κ2) is 4.18. The van der Waals surface area contributed by atoms with Crippen molar-refractivity contribution in [3.05, 3.63) is 46.8 Å². The van der Waals surface area contributed by atoms with Gasteiger partial charge in [-0.1, -0.05) is 18.2 Å². The van der Waals surface area contributed by atoms with Crippen LogP contribution in [-0.2, 0) is 6.18 Å². The van der Waals surface area contributed by atoms with Gasteiger partial charge in [-0.25, -0.2) is 9.83 Å². The van der Waals surface area contributed by atoms with Crippen LogP contribution in [0.5, 0.6) is 0 Å². The molecule has 17 heavy (non-hydrogen) atoms. The van der Waals surface area contributed by atoms with E-state index < -0.39 is 17.4 Å². The molecule has 0 aliphatic heterocycles. The normalized spacial score (nSPS) is 11.2. The average Bonchev–Trinajstić information content (AvgIpc) is 2.80. The van der Waals surface area contributed by atoms with Gasteiger partial charge in [0.1, 0.15) is 5.01 Å². The maximum absolute atomic E-state index is 12.7. The largest absolute Gasteiger partial charge is 0.407 e. The molecule has 0 N–H and O–H groups in total. The van der Waals surface area contributed by atoms with Crippen molar-refractivity contribution >= 4 is 17.0 Å². The molecule has 1 aromatic carbocycles. The van der Waals surface area contributed by atoms with Gasteiger partial charge in [-0.3, -0.25) is 0 Å². The lowest BCUT2D eigenvalue weighted by Gasteiger charge is -2.09. The van der Waals surface area contributed by atoms with Gasteiger partial charge in [-0.2, -0.15) is 13.2 Å². The number of halogens is 3. The van der Waals surface area contributed by atoms with Crippen molar-refractivity contribution in [1.82, 2.24) is 4.98 Å². The molecule has 1 heterocycles. The predicted molar refractivity (Wildman–Crippen MR) is 58.8 cm³/mol. The Bertz CT molecular complexity index is 567. The Kier molecular flexibility index (Phi) is 2.86. The highest BCUT2D eigenvalue weighted by atomic mass is 32.1. The number of nitrogens with zero attached hydrogens (tertiary/aromatic N) is 2. The van der Waals surface area contributed by atoms with Crippen LogP contribution in [0.2, 0.25) is 0 Å². The maximum Gasteiger partial charge on any atom is 0.407 e. The molecule has 0 atom stereocenters. The Balaban J connectivity index is 2.58. The molecule has 0 fully saturated rings. The van der Waals surface area contributed by atoms with Crippen LogP contribution in [0.25, 0.3) is 15.4 Å². The molecule has 0 bridgehead atoms. The van der Waals surface area contributed by atoms with Gasteiger partial charge in [0.25, 0.3) is 0 Å². The summed E-state index contributed by atoms with van der Waals surface area (Å²) in [6.45, 7) is 6.72. The van der Waals surface area contributed by atoms with Gasteiger partial charge in [0.2, 0.25) is 0 Å². The highest BCUT2D eigenvalue weighted by Crippen LogP contribution is 2.39. The summed E-state index contributed by atoms with van der Waals surface area (Å²) in [5.41, 5.74) is -0.933. The quantitative estimate of drug-likeness (QED) is 0.690. The van der Waals surface area contributed by atoms with Crippen molar-refractivity contribution in [1.29, 1.82) is 0 Å². The van der Waals surface area contributed by atoms with Gasteiger partial charge in [0.15, 0.2) is 5.69 Å². The van der Waals surface area contributed by atoms with Gasteiger partial charge in [0, 0.05) is 17.1 Å². The van der Waals surface area contributed by atoms with Gasteiger partial charge in [-0.15, -0.1) is 11.3 Å².